The van der Waals surface area contributed by atoms with Crippen LogP contribution >= 0.6 is 0 Å². The highest BCUT2D eigenvalue weighted by molar-refractivity contribution is 5.96. The van der Waals surface area contributed by atoms with Gasteiger partial charge in [0, 0.05) is 24.1 Å². The van der Waals surface area contributed by atoms with Crippen molar-refractivity contribution in [3.8, 4) is 0 Å². The van der Waals surface area contributed by atoms with Gasteiger partial charge in [-0.15, -0.1) is 6.58 Å². The number of carboxylic acids is 1. The number of anilines is 1. The zero-order chi connectivity index (χ0) is 18.1. The highest BCUT2D eigenvalue weighted by Crippen LogP contribution is 2.10. The Morgan fingerprint density at radius 2 is 1.79 bits per heavy atom. The number of benzene rings is 1. The maximum atomic E-state index is 11.8. The molecule has 0 aliphatic carbocycles. The van der Waals surface area contributed by atoms with Crippen LogP contribution in [0.4, 0.5) is 5.69 Å². The van der Waals surface area contributed by atoms with E-state index in [-0.39, 0.29) is 31.0 Å². The van der Waals surface area contributed by atoms with Crippen LogP contribution in [0.2, 0.25) is 0 Å². The number of carbonyl (C=O) groups excluding carboxylic acids is 2. The van der Waals surface area contributed by atoms with Gasteiger partial charge in [-0.25, -0.2) is 0 Å². The molecular formula is C16H20N4O4. The Labute approximate surface area is 139 Å². The topological polar surface area (TPSA) is 145 Å². The molecule has 0 aromatic heterocycles. The molecule has 6 N–H and O–H groups in total. The van der Waals surface area contributed by atoms with E-state index in [0.29, 0.717) is 11.3 Å². The van der Waals surface area contributed by atoms with Crippen molar-refractivity contribution in [1.29, 1.82) is 5.41 Å². The molecular weight excluding hydrogens is 312 g/mol. The number of amides is 2. The summed E-state index contributed by atoms with van der Waals surface area (Å²) in [7, 11) is 0. The van der Waals surface area contributed by atoms with Crippen molar-refractivity contribution in [2.45, 2.75) is 25.3 Å². The average molecular weight is 332 g/mol. The third-order valence-electron chi connectivity index (χ3n) is 3.08. The number of nitrogens with two attached hydrogens (primary N) is 1. The third kappa shape index (κ3) is 6.73. The van der Waals surface area contributed by atoms with E-state index >= 15 is 0 Å². The Hall–Kier alpha value is -3.16. The second-order valence-corrected chi connectivity index (χ2v) is 5.05. The van der Waals surface area contributed by atoms with Gasteiger partial charge in [-0.2, -0.15) is 0 Å². The van der Waals surface area contributed by atoms with Gasteiger partial charge >= 0.3 is 5.97 Å². The number of carboxylic acid groups (broad SMARTS) is 1. The second kappa shape index (κ2) is 9.09. The molecule has 0 saturated carbocycles. The molecule has 0 aliphatic rings. The molecule has 0 radical (unpaired) electrons. The standard InChI is InChI=1S/C16H20N4O4/c1-2-11(9-15(23)24)19-13(21)7-8-14(22)20-12-5-3-10(4-6-12)16(17)18/h2-6,11H,1,7-9H2,(H3,17,18)(H,19,21)(H,20,22)(H,23,24)/t11-/m1/s1. The van der Waals surface area contributed by atoms with E-state index in [0.717, 1.165) is 0 Å². The smallest absolute Gasteiger partial charge is 0.305 e. The van der Waals surface area contributed by atoms with Gasteiger partial charge in [0.05, 0.1) is 12.5 Å². The number of hydrogen-bond donors (Lipinski definition) is 5. The Morgan fingerprint density at radius 1 is 1.21 bits per heavy atom. The van der Waals surface area contributed by atoms with Crippen LogP contribution < -0.4 is 16.4 Å². The van der Waals surface area contributed by atoms with Crippen molar-refractivity contribution in [2.24, 2.45) is 5.73 Å². The van der Waals surface area contributed by atoms with Crippen LogP contribution in [0.15, 0.2) is 36.9 Å². The monoisotopic (exact) mass is 332 g/mol. The number of rotatable bonds is 9. The summed E-state index contributed by atoms with van der Waals surface area (Å²) >= 11 is 0. The van der Waals surface area contributed by atoms with Gasteiger partial charge < -0.3 is 21.5 Å². The van der Waals surface area contributed by atoms with E-state index in [1.165, 1.54) is 6.08 Å². The Balaban J connectivity index is 2.42. The molecule has 0 aliphatic heterocycles. The number of amidine groups is 1. The van der Waals surface area contributed by atoms with E-state index in [1.54, 1.807) is 24.3 Å². The molecule has 0 spiro atoms. The van der Waals surface area contributed by atoms with Crippen molar-refractivity contribution in [1.82, 2.24) is 5.32 Å². The van der Waals surface area contributed by atoms with Crippen molar-refractivity contribution in [3.63, 3.8) is 0 Å². The molecule has 0 saturated heterocycles. The molecule has 1 rings (SSSR count). The highest BCUT2D eigenvalue weighted by atomic mass is 16.4. The summed E-state index contributed by atoms with van der Waals surface area (Å²) in [5, 5.41) is 21.1. The summed E-state index contributed by atoms with van der Waals surface area (Å²) in [6.07, 6.45) is 0.963. The number of nitrogen functional groups attached to an aromatic ring is 1. The molecule has 1 aromatic rings. The lowest BCUT2D eigenvalue weighted by atomic mass is 10.1. The first-order chi connectivity index (χ1) is 11.3. The third-order valence-corrected chi connectivity index (χ3v) is 3.08. The molecule has 0 unspecified atom stereocenters. The highest BCUT2D eigenvalue weighted by Gasteiger charge is 2.13. The summed E-state index contributed by atoms with van der Waals surface area (Å²) in [5.74, 6) is -1.90. The van der Waals surface area contributed by atoms with E-state index in [1.807, 2.05) is 0 Å². The normalized spacial score (nSPS) is 11.2. The van der Waals surface area contributed by atoms with Gasteiger partial charge in [-0.05, 0) is 24.3 Å². The maximum Gasteiger partial charge on any atom is 0.305 e. The molecule has 2 amide bonds. The summed E-state index contributed by atoms with van der Waals surface area (Å²) in [4.78, 5) is 34.1. The summed E-state index contributed by atoms with van der Waals surface area (Å²) in [6.45, 7) is 3.46. The van der Waals surface area contributed by atoms with Crippen LogP contribution in [0.3, 0.4) is 0 Å². The fourth-order valence-corrected chi connectivity index (χ4v) is 1.84. The van der Waals surface area contributed by atoms with Gasteiger partial charge in [0.1, 0.15) is 5.84 Å². The zero-order valence-electron chi connectivity index (χ0n) is 13.0. The molecule has 0 fully saturated rings. The Morgan fingerprint density at radius 3 is 2.29 bits per heavy atom. The first-order valence-corrected chi connectivity index (χ1v) is 7.20. The van der Waals surface area contributed by atoms with Gasteiger partial charge in [-0.1, -0.05) is 6.08 Å². The predicted octanol–water partition coefficient (Wildman–Crippen LogP) is 0.835. The van der Waals surface area contributed by atoms with Crippen LogP contribution in [0.25, 0.3) is 0 Å². The molecule has 24 heavy (non-hydrogen) atoms. The molecule has 8 heteroatoms. The largest absolute Gasteiger partial charge is 0.481 e. The van der Waals surface area contributed by atoms with Gasteiger partial charge in [0.2, 0.25) is 11.8 Å². The first-order valence-electron chi connectivity index (χ1n) is 7.20. The van der Waals surface area contributed by atoms with Crippen molar-refractivity contribution in [2.75, 3.05) is 5.32 Å². The lowest BCUT2D eigenvalue weighted by molar-refractivity contribution is -0.137. The minimum Gasteiger partial charge on any atom is -0.481 e. The fourth-order valence-electron chi connectivity index (χ4n) is 1.84. The van der Waals surface area contributed by atoms with E-state index in [9.17, 15) is 14.4 Å². The second-order valence-electron chi connectivity index (χ2n) is 5.05. The van der Waals surface area contributed by atoms with Gasteiger partial charge in [0.15, 0.2) is 0 Å². The molecule has 1 atom stereocenters. The number of nitrogens with one attached hydrogen (secondary N) is 3. The number of carbonyl (C=O) groups is 3. The van der Waals surface area contributed by atoms with Crippen LogP contribution in [-0.4, -0.2) is 34.8 Å². The molecule has 8 nitrogen and oxygen atoms in total. The minimum absolute atomic E-state index is 0.0444. The lowest BCUT2D eigenvalue weighted by Crippen LogP contribution is -2.35. The van der Waals surface area contributed by atoms with Gasteiger partial charge in [0.25, 0.3) is 0 Å². The quantitative estimate of drug-likeness (QED) is 0.258. The predicted molar refractivity (Wildman–Crippen MR) is 89.7 cm³/mol. The molecule has 128 valence electrons. The molecule has 0 heterocycles. The van der Waals surface area contributed by atoms with E-state index in [2.05, 4.69) is 17.2 Å². The van der Waals surface area contributed by atoms with Crippen molar-refractivity contribution < 1.29 is 19.5 Å². The summed E-state index contributed by atoms with van der Waals surface area (Å²) in [6, 6.07) is 5.75. The summed E-state index contributed by atoms with van der Waals surface area (Å²) in [5.41, 5.74) is 6.41. The van der Waals surface area contributed by atoms with E-state index in [4.69, 9.17) is 16.2 Å². The van der Waals surface area contributed by atoms with Crippen LogP contribution in [0.5, 0.6) is 0 Å². The minimum atomic E-state index is -1.05. The van der Waals surface area contributed by atoms with Gasteiger partial charge in [-0.3, -0.25) is 19.8 Å². The Kier molecular flexibility index (Phi) is 7.15. The van der Waals surface area contributed by atoms with Crippen LogP contribution in [-0.2, 0) is 14.4 Å². The lowest BCUT2D eigenvalue weighted by Gasteiger charge is -2.12. The van der Waals surface area contributed by atoms with E-state index < -0.39 is 17.9 Å². The van der Waals surface area contributed by atoms with Crippen LogP contribution in [0.1, 0.15) is 24.8 Å². The molecule has 1 aromatic carbocycles. The zero-order valence-corrected chi connectivity index (χ0v) is 13.0. The fraction of sp³-hybridized carbons (Fsp3) is 0.250. The average Bonchev–Trinajstić information content (AvgIpc) is 2.52. The van der Waals surface area contributed by atoms with Crippen LogP contribution in [0, 0.1) is 5.41 Å². The Bertz CT molecular complexity index is 640. The first kappa shape index (κ1) is 18.9. The van der Waals surface area contributed by atoms with Crippen molar-refractivity contribution >= 4 is 29.3 Å². The maximum absolute atomic E-state index is 11.8. The number of hydrogen-bond acceptors (Lipinski definition) is 4. The number of aliphatic carboxylic acids is 1. The summed E-state index contributed by atoms with van der Waals surface area (Å²) < 4.78 is 0. The molecule has 0 bridgehead atoms. The SMILES string of the molecule is C=C[C@H](CC(=O)O)NC(=O)CCC(=O)Nc1ccc(C(=N)N)cc1. The van der Waals surface area contributed by atoms with Crippen molar-refractivity contribution in [3.05, 3.63) is 42.5 Å².